The molecule has 0 fully saturated rings. The third-order valence-corrected chi connectivity index (χ3v) is 8.84. The molecule has 0 unspecified atom stereocenters. The number of aromatic nitrogens is 2. The van der Waals surface area contributed by atoms with Crippen LogP contribution >= 0.6 is 54.9 Å². The molecule has 0 atom stereocenters. The van der Waals surface area contributed by atoms with E-state index in [9.17, 15) is 9.59 Å². The van der Waals surface area contributed by atoms with Crippen molar-refractivity contribution in [3.05, 3.63) is 92.9 Å². The van der Waals surface area contributed by atoms with E-state index < -0.39 is 11.9 Å². The third kappa shape index (κ3) is 5.81. The molecule has 0 amide bonds. The van der Waals surface area contributed by atoms with Gasteiger partial charge in [0.15, 0.2) is 0 Å². The molecule has 202 valence electrons. The fourth-order valence-corrected chi connectivity index (χ4v) is 6.45. The fourth-order valence-electron chi connectivity index (χ4n) is 4.14. The number of hydrogen-bond donors (Lipinski definition) is 0. The maximum atomic E-state index is 13.1. The maximum Gasteiger partial charge on any atom is 0.341 e. The molecule has 0 saturated heterocycles. The lowest BCUT2D eigenvalue weighted by Crippen LogP contribution is -2.07. The van der Waals surface area contributed by atoms with Crippen LogP contribution in [0.3, 0.4) is 0 Å². The summed E-state index contributed by atoms with van der Waals surface area (Å²) in [5.41, 5.74) is 5.34. The third-order valence-electron chi connectivity index (χ3n) is 5.99. The molecule has 5 rings (SSSR count). The molecular weight excluding hydrogens is 676 g/mol. The van der Waals surface area contributed by atoms with Crippen LogP contribution in [0.25, 0.3) is 43.4 Å². The Labute approximate surface area is 256 Å². The Bertz CT molecular complexity index is 1540. The molecule has 0 radical (unpaired) electrons. The molecule has 5 aromatic rings. The van der Waals surface area contributed by atoms with Gasteiger partial charge in [0.25, 0.3) is 0 Å². The number of nitrogens with zero attached hydrogens (tertiary/aromatic N) is 2. The summed E-state index contributed by atoms with van der Waals surface area (Å²) in [5, 5.41) is 0. The van der Waals surface area contributed by atoms with E-state index in [2.05, 4.69) is 40.6 Å². The Kier molecular flexibility index (Phi) is 8.90. The SMILES string of the molecule is CCOC(=O)c1c(-c2ccc(Br)cc2)nsc1-c1ccc(-c2snc(-c3ccc(Br)cc3)c2C(=O)OCC)cc1. The molecule has 0 N–H and O–H groups in total. The first-order valence-corrected chi connectivity index (χ1v) is 15.5. The van der Waals surface area contributed by atoms with Gasteiger partial charge >= 0.3 is 11.9 Å². The van der Waals surface area contributed by atoms with Crippen molar-refractivity contribution in [3.63, 3.8) is 0 Å². The quantitative estimate of drug-likeness (QED) is 0.151. The van der Waals surface area contributed by atoms with Crippen LogP contribution < -0.4 is 0 Å². The van der Waals surface area contributed by atoms with Gasteiger partial charge in [-0.2, -0.15) is 8.75 Å². The van der Waals surface area contributed by atoms with Crippen molar-refractivity contribution in [3.8, 4) is 43.4 Å². The molecule has 10 heteroatoms. The van der Waals surface area contributed by atoms with Crippen molar-refractivity contribution in [1.29, 1.82) is 0 Å². The van der Waals surface area contributed by atoms with Gasteiger partial charge in [-0.15, -0.1) is 0 Å². The highest BCUT2D eigenvalue weighted by Crippen LogP contribution is 2.40. The Hall–Kier alpha value is -3.18. The van der Waals surface area contributed by atoms with Crippen molar-refractivity contribution < 1.29 is 19.1 Å². The smallest absolute Gasteiger partial charge is 0.341 e. The number of carbonyl (C=O) groups is 2. The zero-order chi connectivity index (χ0) is 28.2. The zero-order valence-corrected chi connectivity index (χ0v) is 26.2. The van der Waals surface area contributed by atoms with Crippen LogP contribution in [0.1, 0.15) is 34.6 Å². The van der Waals surface area contributed by atoms with Gasteiger partial charge in [-0.25, -0.2) is 9.59 Å². The van der Waals surface area contributed by atoms with Gasteiger partial charge in [0, 0.05) is 20.1 Å². The average Bonchev–Trinajstić information content (AvgIpc) is 3.60. The topological polar surface area (TPSA) is 78.4 Å². The minimum atomic E-state index is -0.417. The molecule has 0 bridgehead atoms. The van der Waals surface area contributed by atoms with Gasteiger partial charge in [0.05, 0.1) is 34.4 Å². The zero-order valence-electron chi connectivity index (χ0n) is 21.4. The molecule has 0 spiro atoms. The van der Waals surface area contributed by atoms with Gasteiger partial charge in [0.1, 0.15) is 11.1 Å². The molecule has 0 aliphatic rings. The molecule has 0 saturated carbocycles. The van der Waals surface area contributed by atoms with Crippen LogP contribution in [-0.4, -0.2) is 33.9 Å². The van der Waals surface area contributed by atoms with Crippen molar-refractivity contribution in [2.24, 2.45) is 0 Å². The predicted molar refractivity (Wildman–Crippen MR) is 167 cm³/mol. The van der Waals surface area contributed by atoms with E-state index in [-0.39, 0.29) is 13.2 Å². The lowest BCUT2D eigenvalue weighted by molar-refractivity contribution is 0.0518. The maximum absolute atomic E-state index is 13.1. The average molecular weight is 698 g/mol. The van der Waals surface area contributed by atoms with Crippen molar-refractivity contribution in [2.75, 3.05) is 13.2 Å². The van der Waals surface area contributed by atoms with E-state index in [1.54, 1.807) is 13.8 Å². The number of ether oxygens (including phenoxy) is 2. The van der Waals surface area contributed by atoms with Crippen LogP contribution in [0.15, 0.2) is 81.7 Å². The second-order valence-corrected chi connectivity index (χ2v) is 11.9. The van der Waals surface area contributed by atoms with Crippen LogP contribution in [-0.2, 0) is 9.47 Å². The molecule has 6 nitrogen and oxygen atoms in total. The summed E-state index contributed by atoms with van der Waals surface area (Å²) in [6, 6.07) is 23.0. The molecule has 40 heavy (non-hydrogen) atoms. The molecule has 0 aliphatic heterocycles. The summed E-state index contributed by atoms with van der Waals surface area (Å²) < 4.78 is 21.9. The van der Waals surface area contributed by atoms with Gasteiger partial charge in [-0.1, -0.05) is 80.4 Å². The Morgan fingerprint density at radius 2 is 0.925 bits per heavy atom. The Balaban J connectivity index is 1.56. The predicted octanol–water partition coefficient (Wildman–Crippen LogP) is 9.15. The Morgan fingerprint density at radius 1 is 0.600 bits per heavy atom. The van der Waals surface area contributed by atoms with Crippen LogP contribution in [0.2, 0.25) is 0 Å². The fraction of sp³-hybridized carbons (Fsp3) is 0.133. The van der Waals surface area contributed by atoms with Crippen molar-refractivity contribution in [2.45, 2.75) is 13.8 Å². The first kappa shape index (κ1) is 28.4. The molecule has 3 aromatic carbocycles. The highest BCUT2D eigenvalue weighted by atomic mass is 79.9. The second kappa shape index (κ2) is 12.6. The number of hydrogen-bond acceptors (Lipinski definition) is 8. The van der Waals surface area contributed by atoms with Crippen molar-refractivity contribution in [1.82, 2.24) is 8.75 Å². The van der Waals surface area contributed by atoms with Gasteiger partial charge in [-0.3, -0.25) is 0 Å². The van der Waals surface area contributed by atoms with Crippen LogP contribution in [0, 0.1) is 0 Å². The molecular formula is C30H22Br2N2O4S2. The van der Waals surface area contributed by atoms with E-state index in [0.29, 0.717) is 32.3 Å². The van der Waals surface area contributed by atoms with E-state index in [0.717, 1.165) is 31.2 Å². The normalized spacial score (nSPS) is 10.9. The standard InChI is InChI=1S/C30H22Br2N2O4S2/c1-3-37-29(35)23-25(17-9-13-21(31)14-10-17)33-39-27(23)19-5-7-20(8-6-19)28-24(30(36)38-4-2)26(34-40-28)18-11-15-22(32)16-12-18/h5-16H,3-4H2,1-2H3. The van der Waals surface area contributed by atoms with Crippen molar-refractivity contribution >= 4 is 66.9 Å². The number of benzene rings is 3. The lowest BCUT2D eigenvalue weighted by atomic mass is 10.00. The lowest BCUT2D eigenvalue weighted by Gasteiger charge is -2.08. The summed E-state index contributed by atoms with van der Waals surface area (Å²) in [4.78, 5) is 27.6. The highest BCUT2D eigenvalue weighted by Gasteiger charge is 2.26. The first-order valence-electron chi connectivity index (χ1n) is 12.4. The summed E-state index contributed by atoms with van der Waals surface area (Å²) in [7, 11) is 0. The van der Waals surface area contributed by atoms with E-state index >= 15 is 0 Å². The van der Waals surface area contributed by atoms with Gasteiger partial charge < -0.3 is 9.47 Å². The molecule has 0 aliphatic carbocycles. The van der Waals surface area contributed by atoms with E-state index in [1.807, 2.05) is 72.8 Å². The minimum Gasteiger partial charge on any atom is -0.462 e. The monoisotopic (exact) mass is 696 g/mol. The molecule has 2 aromatic heterocycles. The van der Waals surface area contributed by atoms with E-state index in [4.69, 9.17) is 9.47 Å². The summed E-state index contributed by atoms with van der Waals surface area (Å²) in [6.07, 6.45) is 0. The first-order chi connectivity index (χ1) is 19.4. The summed E-state index contributed by atoms with van der Waals surface area (Å²) in [6.45, 7) is 4.08. The summed E-state index contributed by atoms with van der Waals surface area (Å²) >= 11 is 9.41. The largest absolute Gasteiger partial charge is 0.462 e. The Morgan fingerprint density at radius 3 is 1.25 bits per heavy atom. The summed E-state index contributed by atoms with van der Waals surface area (Å²) in [5.74, 6) is -0.834. The van der Waals surface area contributed by atoms with Crippen LogP contribution in [0.5, 0.6) is 0 Å². The minimum absolute atomic E-state index is 0.259. The van der Waals surface area contributed by atoms with Gasteiger partial charge in [0.2, 0.25) is 0 Å². The molecule has 2 heterocycles. The number of esters is 2. The number of halogens is 2. The second-order valence-electron chi connectivity index (χ2n) is 8.50. The number of carbonyl (C=O) groups excluding carboxylic acids is 2. The van der Waals surface area contributed by atoms with E-state index in [1.165, 1.54) is 23.1 Å². The number of rotatable bonds is 8. The van der Waals surface area contributed by atoms with Crippen LogP contribution in [0.4, 0.5) is 0 Å². The van der Waals surface area contributed by atoms with Gasteiger partial charge in [-0.05, 0) is 72.3 Å². The highest BCUT2D eigenvalue weighted by molar-refractivity contribution is 9.10.